The molecule has 1 fully saturated rings. The highest BCUT2D eigenvalue weighted by molar-refractivity contribution is 8.19. The molecule has 2 nitrogen and oxygen atoms in total. The molecular formula is C19H21NOS2. The summed E-state index contributed by atoms with van der Waals surface area (Å²) in [6, 6.07) is 16.2. The summed E-state index contributed by atoms with van der Waals surface area (Å²) in [7, 11) is 0. The Labute approximate surface area is 146 Å². The van der Waals surface area contributed by atoms with Crippen LogP contribution in [0.5, 0.6) is 0 Å². The third kappa shape index (κ3) is 3.93. The minimum absolute atomic E-state index is 0.00400. The van der Waals surface area contributed by atoms with Crippen molar-refractivity contribution in [2.24, 2.45) is 0 Å². The van der Waals surface area contributed by atoms with E-state index in [4.69, 9.17) is 0 Å². The Balaban J connectivity index is 1.67. The molecule has 120 valence electrons. The van der Waals surface area contributed by atoms with E-state index in [1.807, 2.05) is 54.7 Å². The number of carbonyl (C=O) groups excluding carboxylic acids is 1. The first-order valence-corrected chi connectivity index (χ1v) is 9.94. The van der Waals surface area contributed by atoms with Gasteiger partial charge in [0.2, 0.25) is 0 Å². The molecule has 0 radical (unpaired) electrons. The van der Waals surface area contributed by atoms with E-state index in [1.54, 1.807) is 0 Å². The van der Waals surface area contributed by atoms with Crippen LogP contribution in [0.3, 0.4) is 0 Å². The van der Waals surface area contributed by atoms with Crippen LogP contribution in [0.1, 0.15) is 44.6 Å². The zero-order chi connectivity index (χ0) is 16.2. The second-order valence-corrected chi connectivity index (χ2v) is 8.47. The van der Waals surface area contributed by atoms with Crippen molar-refractivity contribution in [3.63, 3.8) is 0 Å². The van der Waals surface area contributed by atoms with Gasteiger partial charge in [-0.1, -0.05) is 36.4 Å². The van der Waals surface area contributed by atoms with E-state index in [-0.39, 0.29) is 11.9 Å². The number of benzene rings is 2. The largest absolute Gasteiger partial charge is 0.346 e. The average Bonchev–Trinajstić information content (AvgIpc) is 3.09. The van der Waals surface area contributed by atoms with Gasteiger partial charge in [0, 0.05) is 17.1 Å². The van der Waals surface area contributed by atoms with E-state index in [0.29, 0.717) is 4.58 Å². The zero-order valence-corrected chi connectivity index (χ0v) is 15.0. The van der Waals surface area contributed by atoms with Gasteiger partial charge in [0.15, 0.2) is 0 Å². The molecule has 2 aromatic carbocycles. The van der Waals surface area contributed by atoms with Gasteiger partial charge in [-0.05, 0) is 42.7 Å². The molecule has 0 saturated carbocycles. The molecule has 0 aromatic heterocycles. The lowest BCUT2D eigenvalue weighted by Crippen LogP contribution is -2.27. The Morgan fingerprint density at radius 2 is 1.74 bits per heavy atom. The molecule has 1 aliphatic rings. The molecule has 1 aliphatic heterocycles. The maximum Gasteiger partial charge on any atom is 0.251 e. The van der Waals surface area contributed by atoms with Crippen molar-refractivity contribution in [2.75, 3.05) is 11.5 Å². The molecular weight excluding hydrogens is 322 g/mol. The van der Waals surface area contributed by atoms with Gasteiger partial charge in [-0.15, -0.1) is 23.5 Å². The molecule has 1 heterocycles. The summed E-state index contributed by atoms with van der Waals surface area (Å²) in [5.41, 5.74) is 4.39. The molecule has 1 atom stereocenters. The van der Waals surface area contributed by atoms with Gasteiger partial charge >= 0.3 is 0 Å². The van der Waals surface area contributed by atoms with Gasteiger partial charge in [0.25, 0.3) is 5.91 Å². The first-order chi connectivity index (χ1) is 11.1. The number of carbonyl (C=O) groups is 1. The van der Waals surface area contributed by atoms with E-state index in [0.717, 1.165) is 11.1 Å². The van der Waals surface area contributed by atoms with E-state index in [2.05, 4.69) is 36.5 Å². The third-order valence-corrected chi connectivity index (χ3v) is 7.17. The van der Waals surface area contributed by atoms with Crippen molar-refractivity contribution >= 4 is 29.4 Å². The Kier molecular flexibility index (Phi) is 5.34. The number of thioether (sulfide) groups is 2. The van der Waals surface area contributed by atoms with Gasteiger partial charge < -0.3 is 5.32 Å². The smallest absolute Gasteiger partial charge is 0.251 e. The van der Waals surface area contributed by atoms with Crippen molar-refractivity contribution in [3.05, 3.63) is 70.8 Å². The number of aryl methyl sites for hydroxylation is 1. The van der Waals surface area contributed by atoms with Crippen molar-refractivity contribution in [1.82, 2.24) is 5.32 Å². The third-order valence-electron chi connectivity index (χ3n) is 4.07. The number of hydrogen-bond donors (Lipinski definition) is 1. The molecule has 0 bridgehead atoms. The maximum absolute atomic E-state index is 12.5. The van der Waals surface area contributed by atoms with E-state index >= 15 is 0 Å². The number of amides is 1. The molecule has 3 rings (SSSR count). The summed E-state index contributed by atoms with van der Waals surface area (Å²) in [6.07, 6.45) is 0. The van der Waals surface area contributed by atoms with Crippen LogP contribution in [0.4, 0.5) is 0 Å². The fourth-order valence-electron chi connectivity index (χ4n) is 2.77. The standard InChI is InChI=1S/C19H21NOS2/c1-13-5-3-4-6-17(13)14(2)20-18(21)15-7-9-16(10-8-15)19-22-11-12-23-19/h3-10,14,19H,11-12H2,1-2H3,(H,20,21). The monoisotopic (exact) mass is 343 g/mol. The molecule has 0 spiro atoms. The minimum Gasteiger partial charge on any atom is -0.346 e. The normalized spacial score (nSPS) is 16.3. The van der Waals surface area contributed by atoms with Gasteiger partial charge in [0.1, 0.15) is 0 Å². The van der Waals surface area contributed by atoms with E-state index in [9.17, 15) is 4.79 Å². The summed E-state index contributed by atoms with van der Waals surface area (Å²) >= 11 is 3.96. The highest BCUT2D eigenvalue weighted by Gasteiger charge is 2.19. The minimum atomic E-state index is -0.0148. The Bertz CT molecular complexity index is 678. The quantitative estimate of drug-likeness (QED) is 0.850. The van der Waals surface area contributed by atoms with Crippen molar-refractivity contribution in [2.45, 2.75) is 24.5 Å². The van der Waals surface area contributed by atoms with Crippen LogP contribution in [-0.2, 0) is 0 Å². The first kappa shape index (κ1) is 16.5. The lowest BCUT2D eigenvalue weighted by molar-refractivity contribution is 0.0940. The van der Waals surface area contributed by atoms with Gasteiger partial charge in [-0.2, -0.15) is 0 Å². The molecule has 23 heavy (non-hydrogen) atoms. The second kappa shape index (κ2) is 7.45. The van der Waals surface area contributed by atoms with E-state index in [1.165, 1.54) is 22.6 Å². The highest BCUT2D eigenvalue weighted by atomic mass is 32.2. The van der Waals surface area contributed by atoms with Crippen LogP contribution in [0.25, 0.3) is 0 Å². The molecule has 0 aliphatic carbocycles. The Hall–Kier alpha value is -1.39. The molecule has 2 aromatic rings. The zero-order valence-electron chi connectivity index (χ0n) is 13.4. The van der Waals surface area contributed by atoms with Crippen LogP contribution < -0.4 is 5.32 Å². The maximum atomic E-state index is 12.5. The molecule has 1 unspecified atom stereocenters. The summed E-state index contributed by atoms with van der Waals surface area (Å²) < 4.78 is 0.526. The van der Waals surface area contributed by atoms with Crippen LogP contribution >= 0.6 is 23.5 Å². The fourth-order valence-corrected chi connectivity index (χ4v) is 5.63. The molecule has 1 amide bonds. The number of rotatable bonds is 4. The number of nitrogens with one attached hydrogen (secondary N) is 1. The van der Waals surface area contributed by atoms with Gasteiger partial charge in [-0.3, -0.25) is 4.79 Å². The van der Waals surface area contributed by atoms with Crippen LogP contribution in [-0.4, -0.2) is 17.4 Å². The highest BCUT2D eigenvalue weighted by Crippen LogP contribution is 2.45. The van der Waals surface area contributed by atoms with Crippen molar-refractivity contribution in [3.8, 4) is 0 Å². The lowest BCUT2D eigenvalue weighted by atomic mass is 10.0. The topological polar surface area (TPSA) is 29.1 Å². The molecule has 1 saturated heterocycles. The average molecular weight is 344 g/mol. The summed E-state index contributed by atoms with van der Waals surface area (Å²) in [4.78, 5) is 12.5. The Morgan fingerprint density at radius 3 is 2.39 bits per heavy atom. The predicted molar refractivity (Wildman–Crippen MR) is 101 cm³/mol. The predicted octanol–water partition coefficient (Wildman–Crippen LogP) is 4.96. The summed E-state index contributed by atoms with van der Waals surface area (Å²) in [5, 5.41) is 3.09. The second-order valence-electron chi connectivity index (χ2n) is 5.75. The van der Waals surface area contributed by atoms with Gasteiger partial charge in [0.05, 0.1) is 10.6 Å². The lowest BCUT2D eigenvalue weighted by Gasteiger charge is -2.17. The fraction of sp³-hybridized carbons (Fsp3) is 0.316. The SMILES string of the molecule is Cc1ccccc1C(C)NC(=O)c1ccc(C2SCCS2)cc1. The van der Waals surface area contributed by atoms with Crippen molar-refractivity contribution < 1.29 is 4.79 Å². The molecule has 1 N–H and O–H groups in total. The van der Waals surface area contributed by atoms with Crippen LogP contribution in [0.2, 0.25) is 0 Å². The van der Waals surface area contributed by atoms with E-state index < -0.39 is 0 Å². The molecule has 4 heteroatoms. The summed E-state index contributed by atoms with van der Waals surface area (Å²) in [6.45, 7) is 4.10. The van der Waals surface area contributed by atoms with Crippen LogP contribution in [0, 0.1) is 6.92 Å². The van der Waals surface area contributed by atoms with Gasteiger partial charge in [-0.25, -0.2) is 0 Å². The summed E-state index contributed by atoms with van der Waals surface area (Å²) in [5.74, 6) is 2.41. The van der Waals surface area contributed by atoms with Crippen molar-refractivity contribution in [1.29, 1.82) is 0 Å². The first-order valence-electron chi connectivity index (χ1n) is 7.84. The number of hydrogen-bond acceptors (Lipinski definition) is 3. The van der Waals surface area contributed by atoms with Crippen LogP contribution in [0.15, 0.2) is 48.5 Å². The Morgan fingerprint density at radius 1 is 1.09 bits per heavy atom.